The average molecular weight is 395 g/mol. The van der Waals surface area contributed by atoms with Crippen LogP contribution in [-0.2, 0) is 10.5 Å². The van der Waals surface area contributed by atoms with E-state index in [1.165, 1.54) is 0 Å². The van der Waals surface area contributed by atoms with E-state index in [9.17, 15) is 4.79 Å². The molecule has 0 atom stereocenters. The van der Waals surface area contributed by atoms with Crippen LogP contribution in [-0.4, -0.2) is 26.6 Å². The van der Waals surface area contributed by atoms with Gasteiger partial charge in [0.05, 0.1) is 5.75 Å². The Hall–Kier alpha value is -3.13. The van der Waals surface area contributed by atoms with Gasteiger partial charge in [0.25, 0.3) is 0 Å². The summed E-state index contributed by atoms with van der Waals surface area (Å²) in [6, 6.07) is 17.3. The first-order valence-corrected chi connectivity index (χ1v) is 10.0. The lowest BCUT2D eigenvalue weighted by molar-refractivity contribution is -0.115. The van der Waals surface area contributed by atoms with Gasteiger partial charge in [0.15, 0.2) is 0 Å². The second kappa shape index (κ2) is 9.70. The largest absolute Gasteiger partial charge is 0.368 e. The molecule has 3 rings (SSSR count). The van der Waals surface area contributed by atoms with Gasteiger partial charge >= 0.3 is 0 Å². The number of carbonyl (C=O) groups excluding carboxylic acids is 1. The molecule has 0 spiro atoms. The zero-order chi connectivity index (χ0) is 19.8. The predicted molar refractivity (Wildman–Crippen MR) is 115 cm³/mol. The van der Waals surface area contributed by atoms with Crippen LogP contribution in [0.25, 0.3) is 0 Å². The molecule has 1 heterocycles. The van der Waals surface area contributed by atoms with Gasteiger partial charge in [-0.15, -0.1) is 0 Å². The van der Waals surface area contributed by atoms with Crippen LogP contribution < -0.4 is 16.4 Å². The van der Waals surface area contributed by atoms with E-state index in [-0.39, 0.29) is 11.9 Å². The molecule has 0 radical (unpaired) electrons. The molecule has 0 fully saturated rings. The molecule has 3 aromatic rings. The number of benzene rings is 2. The fraction of sp³-hybridized carbons (Fsp3) is 0.200. The van der Waals surface area contributed by atoms with Crippen molar-refractivity contribution in [2.75, 3.05) is 22.1 Å². The molecule has 1 aromatic heterocycles. The van der Waals surface area contributed by atoms with Crippen LogP contribution in [0.1, 0.15) is 17.8 Å². The number of aryl methyl sites for hydroxylation is 1. The Balaban J connectivity index is 1.50. The average Bonchev–Trinajstić information content (AvgIpc) is 2.67. The highest BCUT2D eigenvalue weighted by atomic mass is 32.2. The van der Waals surface area contributed by atoms with E-state index in [4.69, 9.17) is 5.73 Å². The first-order chi connectivity index (χ1) is 13.6. The number of carbonyl (C=O) groups is 1. The second-order valence-electron chi connectivity index (χ2n) is 6.09. The van der Waals surface area contributed by atoms with E-state index < -0.39 is 0 Å². The Morgan fingerprint density at radius 2 is 1.79 bits per heavy atom. The van der Waals surface area contributed by atoms with Crippen molar-refractivity contribution in [3.05, 3.63) is 66.0 Å². The number of nitrogens with one attached hydrogen (secondary N) is 2. The second-order valence-corrected chi connectivity index (χ2v) is 7.20. The number of hydrogen-bond acceptors (Lipinski definition) is 7. The van der Waals surface area contributed by atoms with Gasteiger partial charge in [0.1, 0.15) is 5.82 Å². The lowest BCUT2D eigenvalue weighted by Crippen LogP contribution is -2.12. The summed E-state index contributed by atoms with van der Waals surface area (Å²) in [4.78, 5) is 24.7. The number of nitrogen functional groups attached to an aromatic ring is 1. The number of aromatic nitrogens is 3. The molecule has 0 aliphatic carbocycles. The smallest absolute Gasteiger partial charge is 0.232 e. The zero-order valence-corrected chi connectivity index (χ0v) is 16.4. The molecule has 2 aromatic carbocycles. The van der Waals surface area contributed by atoms with E-state index in [1.807, 2.05) is 61.5 Å². The van der Waals surface area contributed by atoms with Gasteiger partial charge < -0.3 is 16.4 Å². The quantitative estimate of drug-likeness (QED) is 0.499. The molecular weight excluding hydrogens is 372 g/mol. The van der Waals surface area contributed by atoms with Crippen LogP contribution in [0, 0.1) is 6.92 Å². The standard InChI is InChI=1S/C20H22N6OS/c1-14-7-5-6-10-16(14)23-20-25-17(24-19(21)26-20)13-28-12-11-18(27)22-15-8-3-2-4-9-15/h2-10H,11-13H2,1H3,(H,22,27)(H3,21,23,24,25,26). The number of amides is 1. The maximum atomic E-state index is 12.0. The summed E-state index contributed by atoms with van der Waals surface area (Å²) in [6.07, 6.45) is 0.411. The van der Waals surface area contributed by atoms with Gasteiger partial charge in [-0.3, -0.25) is 4.79 Å². The minimum atomic E-state index is -0.0178. The molecular formula is C20H22N6OS. The topological polar surface area (TPSA) is 106 Å². The third kappa shape index (κ3) is 5.95. The van der Waals surface area contributed by atoms with Gasteiger partial charge in [0.2, 0.25) is 17.8 Å². The Kier molecular flexibility index (Phi) is 6.80. The van der Waals surface area contributed by atoms with Crippen molar-refractivity contribution in [2.45, 2.75) is 19.1 Å². The molecule has 8 heteroatoms. The number of thioether (sulfide) groups is 1. The van der Waals surface area contributed by atoms with E-state index in [2.05, 4.69) is 25.6 Å². The van der Waals surface area contributed by atoms with Crippen LogP contribution in [0.4, 0.5) is 23.3 Å². The van der Waals surface area contributed by atoms with Crippen molar-refractivity contribution in [1.82, 2.24) is 15.0 Å². The molecule has 0 bridgehead atoms. The van der Waals surface area contributed by atoms with Gasteiger partial charge in [-0.1, -0.05) is 36.4 Å². The third-order valence-corrected chi connectivity index (χ3v) is 4.81. The van der Waals surface area contributed by atoms with Crippen molar-refractivity contribution in [3.63, 3.8) is 0 Å². The summed E-state index contributed by atoms with van der Waals surface area (Å²) in [5.41, 5.74) is 8.62. The van der Waals surface area contributed by atoms with Crippen LogP contribution in [0.15, 0.2) is 54.6 Å². The van der Waals surface area contributed by atoms with Crippen molar-refractivity contribution in [1.29, 1.82) is 0 Å². The summed E-state index contributed by atoms with van der Waals surface area (Å²) in [6.45, 7) is 2.00. The maximum absolute atomic E-state index is 12.0. The van der Waals surface area contributed by atoms with E-state index >= 15 is 0 Å². The van der Waals surface area contributed by atoms with Crippen LogP contribution in [0.5, 0.6) is 0 Å². The van der Waals surface area contributed by atoms with Crippen molar-refractivity contribution < 1.29 is 4.79 Å². The monoisotopic (exact) mass is 394 g/mol. The summed E-state index contributed by atoms with van der Waals surface area (Å²) < 4.78 is 0. The lowest BCUT2D eigenvalue weighted by Gasteiger charge is -2.09. The van der Waals surface area contributed by atoms with Crippen molar-refractivity contribution in [3.8, 4) is 0 Å². The van der Waals surface area contributed by atoms with Crippen LogP contribution in [0.3, 0.4) is 0 Å². The molecule has 1 amide bonds. The Morgan fingerprint density at radius 3 is 2.57 bits per heavy atom. The number of para-hydroxylation sites is 2. The number of rotatable bonds is 8. The van der Waals surface area contributed by atoms with Gasteiger partial charge in [0, 0.05) is 23.5 Å². The number of nitrogens with zero attached hydrogens (tertiary/aromatic N) is 3. The molecule has 144 valence electrons. The first-order valence-electron chi connectivity index (χ1n) is 8.86. The maximum Gasteiger partial charge on any atom is 0.232 e. The number of nitrogens with two attached hydrogens (primary N) is 1. The zero-order valence-electron chi connectivity index (χ0n) is 15.6. The molecule has 0 aliphatic rings. The van der Waals surface area contributed by atoms with E-state index in [1.54, 1.807) is 11.8 Å². The van der Waals surface area contributed by atoms with Crippen LogP contribution in [0.2, 0.25) is 0 Å². The normalized spacial score (nSPS) is 10.5. The van der Waals surface area contributed by atoms with Crippen molar-refractivity contribution in [2.24, 2.45) is 0 Å². The highest BCUT2D eigenvalue weighted by molar-refractivity contribution is 7.98. The molecule has 7 nitrogen and oxygen atoms in total. The fourth-order valence-electron chi connectivity index (χ4n) is 2.47. The van der Waals surface area contributed by atoms with Gasteiger partial charge in [-0.05, 0) is 30.7 Å². The fourth-order valence-corrected chi connectivity index (χ4v) is 3.25. The molecule has 28 heavy (non-hydrogen) atoms. The third-order valence-electron chi connectivity index (χ3n) is 3.85. The summed E-state index contributed by atoms with van der Waals surface area (Å²) in [5.74, 6) is 2.36. The van der Waals surface area contributed by atoms with Gasteiger partial charge in [-0.2, -0.15) is 26.7 Å². The summed E-state index contributed by atoms with van der Waals surface area (Å²) in [5, 5.41) is 6.04. The number of anilines is 4. The van der Waals surface area contributed by atoms with Crippen molar-refractivity contribution >= 4 is 40.9 Å². The summed E-state index contributed by atoms with van der Waals surface area (Å²) >= 11 is 1.58. The highest BCUT2D eigenvalue weighted by Gasteiger charge is 2.08. The predicted octanol–water partition coefficient (Wildman–Crippen LogP) is 3.77. The Labute approximate surface area is 168 Å². The lowest BCUT2D eigenvalue weighted by atomic mass is 10.2. The highest BCUT2D eigenvalue weighted by Crippen LogP contribution is 2.19. The minimum Gasteiger partial charge on any atom is -0.368 e. The first kappa shape index (κ1) is 19.6. The van der Waals surface area contributed by atoms with Crippen LogP contribution >= 0.6 is 11.8 Å². The Bertz CT molecular complexity index is 935. The summed E-state index contributed by atoms with van der Waals surface area (Å²) in [7, 11) is 0. The van der Waals surface area contributed by atoms with E-state index in [0.29, 0.717) is 29.7 Å². The molecule has 0 aliphatic heterocycles. The SMILES string of the molecule is Cc1ccccc1Nc1nc(N)nc(CSCCC(=O)Nc2ccccc2)n1. The molecule has 0 unspecified atom stereocenters. The number of hydrogen-bond donors (Lipinski definition) is 3. The minimum absolute atomic E-state index is 0.0178. The van der Waals surface area contributed by atoms with E-state index in [0.717, 1.165) is 16.9 Å². The Morgan fingerprint density at radius 1 is 1.04 bits per heavy atom. The molecule has 0 saturated carbocycles. The van der Waals surface area contributed by atoms with Gasteiger partial charge in [-0.25, -0.2) is 0 Å². The molecule has 4 N–H and O–H groups in total. The molecule has 0 saturated heterocycles.